The minimum atomic E-state index is -4.95. The largest absolute Gasteiger partial charge is 0.484 e. The Labute approximate surface area is 279 Å². The average Bonchev–Trinajstić information content (AvgIpc) is 3.05. The molecular formula is C33H28F8N2O7. The number of carbonyl (C=O) groups excluding carboxylic acids is 3. The number of alkyl halides is 6. The quantitative estimate of drug-likeness (QED) is 0.235. The number of amides is 2. The summed E-state index contributed by atoms with van der Waals surface area (Å²) in [7, 11) is 0. The van der Waals surface area contributed by atoms with Gasteiger partial charge in [-0.25, -0.2) is 18.4 Å². The number of ketones is 1. The molecule has 0 unspecified atom stereocenters. The van der Waals surface area contributed by atoms with E-state index < -0.39 is 102 Å². The predicted octanol–water partition coefficient (Wildman–Crippen LogP) is 7.53. The van der Waals surface area contributed by atoms with Crippen LogP contribution in [0.5, 0.6) is 0 Å². The number of ether oxygens (including phenoxy) is 4. The third-order valence-corrected chi connectivity index (χ3v) is 6.87. The van der Waals surface area contributed by atoms with Crippen LogP contribution in [0.3, 0.4) is 0 Å². The van der Waals surface area contributed by atoms with E-state index in [1.54, 1.807) is 0 Å². The third kappa shape index (κ3) is 9.00. The van der Waals surface area contributed by atoms with Crippen molar-refractivity contribution in [1.29, 1.82) is 0 Å². The first kappa shape index (κ1) is 37.5. The molecule has 268 valence electrons. The standard InChI is InChI=1S/C33H28F8N2O7/c1-3-47-30(45)42-15-13-23(49-17-32(36,37)38)25(27(42)19-5-9-21(34)10-6-19)29(44)26-24(50-18-33(39,40)41)14-16-43(31(46)48-4-2)28(26)20-7-11-22(35)12-8-20/h5-14H,3-4,15-18H2,1-2H3. The van der Waals surface area contributed by atoms with Crippen LogP contribution >= 0.6 is 0 Å². The van der Waals surface area contributed by atoms with Gasteiger partial charge in [-0.15, -0.1) is 0 Å². The molecule has 2 aliphatic rings. The summed E-state index contributed by atoms with van der Waals surface area (Å²) in [6.45, 7) is -2.43. The van der Waals surface area contributed by atoms with E-state index in [2.05, 4.69) is 0 Å². The number of allylic oxidation sites excluding steroid dienone is 2. The number of rotatable bonds is 10. The fraction of sp³-hybridized carbons (Fsp3) is 0.303. The van der Waals surface area contributed by atoms with Gasteiger partial charge in [-0.05, 0) is 85.7 Å². The Hall–Kier alpha value is -5.35. The van der Waals surface area contributed by atoms with Crippen LogP contribution in [-0.4, -0.2) is 79.6 Å². The van der Waals surface area contributed by atoms with Crippen LogP contribution in [-0.2, 0) is 23.7 Å². The van der Waals surface area contributed by atoms with Crippen LogP contribution in [0, 0.1) is 11.6 Å². The maximum atomic E-state index is 15.0. The summed E-state index contributed by atoms with van der Waals surface area (Å²) < 4.78 is 129. The van der Waals surface area contributed by atoms with Gasteiger partial charge in [-0.3, -0.25) is 14.6 Å². The molecule has 0 fully saturated rings. The topological polar surface area (TPSA) is 94.6 Å². The second-order valence-corrected chi connectivity index (χ2v) is 10.4. The lowest BCUT2D eigenvalue weighted by atomic mass is 9.88. The lowest BCUT2D eigenvalue weighted by Gasteiger charge is -2.34. The van der Waals surface area contributed by atoms with Crippen molar-refractivity contribution in [2.24, 2.45) is 0 Å². The minimum absolute atomic E-state index is 0.118. The van der Waals surface area contributed by atoms with Gasteiger partial charge in [-0.1, -0.05) is 0 Å². The van der Waals surface area contributed by atoms with E-state index in [1.807, 2.05) is 0 Å². The predicted molar refractivity (Wildman–Crippen MR) is 159 cm³/mol. The van der Waals surface area contributed by atoms with Gasteiger partial charge in [-0.2, -0.15) is 26.3 Å². The summed E-state index contributed by atoms with van der Waals surface area (Å²) in [6, 6.07) is 8.06. The van der Waals surface area contributed by atoms with Gasteiger partial charge >= 0.3 is 24.5 Å². The summed E-state index contributed by atoms with van der Waals surface area (Å²) >= 11 is 0. The molecule has 17 heteroatoms. The number of carbonyl (C=O) groups is 3. The summed E-state index contributed by atoms with van der Waals surface area (Å²) in [5, 5.41) is 0. The van der Waals surface area contributed by atoms with Gasteiger partial charge in [0.15, 0.2) is 13.2 Å². The van der Waals surface area contributed by atoms with Crippen LogP contribution < -0.4 is 0 Å². The first-order valence-corrected chi connectivity index (χ1v) is 14.8. The summed E-state index contributed by atoms with van der Waals surface area (Å²) in [5.41, 5.74) is -2.81. The number of nitrogens with zero attached hydrogens (tertiary/aromatic N) is 2. The highest BCUT2D eigenvalue weighted by atomic mass is 19.4. The molecule has 0 N–H and O–H groups in total. The molecule has 0 saturated heterocycles. The van der Waals surface area contributed by atoms with Crippen LogP contribution in [0.25, 0.3) is 11.4 Å². The van der Waals surface area contributed by atoms with E-state index in [4.69, 9.17) is 18.9 Å². The number of halogens is 8. The van der Waals surface area contributed by atoms with E-state index in [1.165, 1.54) is 13.8 Å². The van der Waals surface area contributed by atoms with Crippen molar-refractivity contribution in [3.63, 3.8) is 0 Å². The number of hydrogen-bond donors (Lipinski definition) is 0. The van der Waals surface area contributed by atoms with Gasteiger partial charge in [0, 0.05) is 0 Å². The lowest BCUT2D eigenvalue weighted by molar-refractivity contribution is -0.164. The molecule has 2 amide bonds. The van der Waals surface area contributed by atoms with Gasteiger partial charge in [0.2, 0.25) is 5.78 Å². The smallest absolute Gasteiger partial charge is 0.422 e. The second-order valence-electron chi connectivity index (χ2n) is 10.4. The molecule has 0 aliphatic carbocycles. The van der Waals surface area contributed by atoms with Gasteiger partial charge in [0.05, 0.1) is 48.8 Å². The van der Waals surface area contributed by atoms with E-state index in [-0.39, 0.29) is 24.3 Å². The average molecular weight is 717 g/mol. The van der Waals surface area contributed by atoms with Crippen molar-refractivity contribution in [1.82, 2.24) is 9.80 Å². The maximum absolute atomic E-state index is 15.0. The van der Waals surface area contributed by atoms with E-state index >= 15 is 0 Å². The zero-order valence-electron chi connectivity index (χ0n) is 26.3. The molecule has 2 heterocycles. The molecule has 9 nitrogen and oxygen atoms in total. The fourth-order valence-corrected chi connectivity index (χ4v) is 4.93. The molecule has 50 heavy (non-hydrogen) atoms. The van der Waals surface area contributed by atoms with E-state index in [0.29, 0.717) is 0 Å². The SMILES string of the molecule is CCOC(=O)N1CC=C(OCC(F)(F)F)C(C(=O)C2=C(c3ccc(F)cc3)N(C(=O)OCC)CC=C2OCC(F)(F)F)=C1c1ccc(F)cc1. The fourth-order valence-electron chi connectivity index (χ4n) is 4.93. The van der Waals surface area contributed by atoms with Crippen LogP contribution in [0.2, 0.25) is 0 Å². The first-order valence-electron chi connectivity index (χ1n) is 14.8. The zero-order valence-corrected chi connectivity index (χ0v) is 26.3. The Morgan fingerprint density at radius 2 is 0.960 bits per heavy atom. The molecule has 0 saturated carbocycles. The summed E-state index contributed by atoms with van der Waals surface area (Å²) in [5.74, 6) is -4.46. The molecule has 2 aromatic carbocycles. The Bertz CT molecular complexity index is 1600. The normalized spacial score (nSPS) is 15.4. The summed E-state index contributed by atoms with van der Waals surface area (Å²) in [4.78, 5) is 43.0. The number of benzene rings is 2. The van der Waals surface area contributed by atoms with Gasteiger partial charge in [0.1, 0.15) is 23.2 Å². The maximum Gasteiger partial charge on any atom is 0.422 e. The molecule has 0 aromatic heterocycles. The van der Waals surface area contributed by atoms with Crippen molar-refractivity contribution in [2.45, 2.75) is 26.2 Å². The van der Waals surface area contributed by atoms with Crippen molar-refractivity contribution >= 4 is 29.4 Å². The van der Waals surface area contributed by atoms with Crippen molar-refractivity contribution in [3.8, 4) is 0 Å². The zero-order chi connectivity index (χ0) is 36.8. The van der Waals surface area contributed by atoms with Crippen LogP contribution in [0.1, 0.15) is 25.0 Å². The first-order chi connectivity index (χ1) is 23.5. The van der Waals surface area contributed by atoms with Crippen LogP contribution in [0.4, 0.5) is 44.7 Å². The Kier molecular flexibility index (Phi) is 11.6. The second kappa shape index (κ2) is 15.5. The molecule has 2 aliphatic heterocycles. The van der Waals surface area contributed by atoms with E-state index in [9.17, 15) is 49.5 Å². The van der Waals surface area contributed by atoms with E-state index in [0.717, 1.165) is 70.5 Å². The Balaban J connectivity index is 2.11. The van der Waals surface area contributed by atoms with Crippen LogP contribution in [0.15, 0.2) is 83.3 Å². The highest BCUT2D eigenvalue weighted by Gasteiger charge is 2.42. The molecule has 0 bridgehead atoms. The van der Waals surface area contributed by atoms with Crippen molar-refractivity contribution in [2.75, 3.05) is 39.5 Å². The highest BCUT2D eigenvalue weighted by Crippen LogP contribution is 2.41. The lowest BCUT2D eigenvalue weighted by Crippen LogP contribution is -2.38. The van der Waals surface area contributed by atoms with Gasteiger partial charge < -0.3 is 18.9 Å². The van der Waals surface area contributed by atoms with Crippen molar-refractivity contribution in [3.05, 3.63) is 106 Å². The molecule has 0 radical (unpaired) electrons. The molecule has 4 rings (SSSR count). The molecule has 2 aromatic rings. The monoisotopic (exact) mass is 716 g/mol. The Morgan fingerprint density at radius 3 is 1.26 bits per heavy atom. The Morgan fingerprint density at radius 1 is 0.620 bits per heavy atom. The third-order valence-electron chi connectivity index (χ3n) is 6.87. The van der Waals surface area contributed by atoms with Crippen molar-refractivity contribution < 1.29 is 68.5 Å². The number of Topliss-reactive ketones (excluding diaryl/α,β-unsaturated/α-hetero) is 1. The summed E-state index contributed by atoms with van der Waals surface area (Å²) in [6.07, 6.45) is -10.2. The highest BCUT2D eigenvalue weighted by molar-refractivity contribution is 6.22. The molecular weight excluding hydrogens is 688 g/mol. The van der Waals surface area contributed by atoms with Gasteiger partial charge in [0.25, 0.3) is 0 Å². The molecule has 0 spiro atoms. The minimum Gasteiger partial charge on any atom is -0.484 e. The number of hydrogen-bond acceptors (Lipinski definition) is 7. The molecule has 0 atom stereocenters.